The molecule has 11 heteroatoms. The van der Waals surface area contributed by atoms with Crippen molar-refractivity contribution in [2.45, 2.75) is 39.8 Å². The van der Waals surface area contributed by atoms with Crippen molar-refractivity contribution in [1.82, 2.24) is 5.09 Å². The lowest BCUT2D eigenvalue weighted by Gasteiger charge is -2.23. The van der Waals surface area contributed by atoms with Crippen LogP contribution in [0.5, 0.6) is 5.75 Å². The maximum absolute atomic E-state index is 13.4. The second kappa shape index (κ2) is 12.6. The van der Waals surface area contributed by atoms with Gasteiger partial charge in [0.2, 0.25) is 0 Å². The summed E-state index contributed by atoms with van der Waals surface area (Å²) in [6.45, 7) is 9.53. The molecule has 1 aromatic rings. The minimum atomic E-state index is -4.18. The Bertz CT molecular complexity index is 942. The molecule has 2 N–H and O–H groups in total. The number of nitrogens with one attached hydrogen (secondary N) is 1. The second-order valence-corrected chi connectivity index (χ2v) is 9.08. The zero-order valence-corrected chi connectivity index (χ0v) is 20.3. The van der Waals surface area contributed by atoms with E-state index in [4.69, 9.17) is 25.4 Å². The minimum Gasteiger partial charge on any atom is -0.505 e. The van der Waals surface area contributed by atoms with Gasteiger partial charge in [-0.05, 0) is 57.5 Å². The van der Waals surface area contributed by atoms with Crippen LogP contribution in [0.4, 0.5) is 0 Å². The number of ether oxygens (including phenoxy) is 1. The van der Waals surface area contributed by atoms with Gasteiger partial charge in [-0.1, -0.05) is 18.2 Å². The number of hydrogen-bond acceptors (Lipinski definition) is 8. The Kier molecular flexibility index (Phi) is 10.8. The fourth-order valence-electron chi connectivity index (χ4n) is 2.20. The van der Waals surface area contributed by atoms with E-state index < -0.39 is 26.4 Å². The molecule has 0 aliphatic rings. The molecule has 2 atom stereocenters. The van der Waals surface area contributed by atoms with Crippen LogP contribution in [-0.2, 0) is 23.4 Å². The highest BCUT2D eigenvalue weighted by Gasteiger charge is 2.33. The summed E-state index contributed by atoms with van der Waals surface area (Å²) in [4.78, 5) is 27.4. The number of halogens is 1. The van der Waals surface area contributed by atoms with Crippen LogP contribution >= 0.6 is 19.3 Å². The molecule has 1 unspecified atom stereocenters. The molecule has 1 aromatic carbocycles. The van der Waals surface area contributed by atoms with Crippen LogP contribution in [0.2, 0.25) is 5.02 Å². The number of esters is 1. The van der Waals surface area contributed by atoms with Gasteiger partial charge in [0.1, 0.15) is 17.6 Å². The van der Waals surface area contributed by atoms with Gasteiger partial charge in [-0.25, -0.2) is 4.57 Å². The molecule has 0 aromatic heterocycles. The predicted molar refractivity (Wildman–Crippen MR) is 123 cm³/mol. The van der Waals surface area contributed by atoms with Crippen LogP contribution in [-0.4, -0.2) is 48.9 Å². The van der Waals surface area contributed by atoms with Crippen molar-refractivity contribution in [1.29, 1.82) is 0 Å². The van der Waals surface area contributed by atoms with Crippen molar-refractivity contribution >= 4 is 37.3 Å². The molecule has 0 aliphatic carbocycles. The first-order valence-corrected chi connectivity index (χ1v) is 11.5. The first-order chi connectivity index (χ1) is 14.9. The Morgan fingerprint density at radius 3 is 2.41 bits per heavy atom. The summed E-state index contributed by atoms with van der Waals surface area (Å²) in [6, 6.07) is 4.93. The molecule has 1 rings (SSSR count). The van der Waals surface area contributed by atoms with Crippen LogP contribution in [0.1, 0.15) is 27.7 Å². The lowest BCUT2D eigenvalue weighted by atomic mass is 10.1. The quantitative estimate of drug-likeness (QED) is 0.0845. The van der Waals surface area contributed by atoms with E-state index in [1.165, 1.54) is 45.2 Å². The average Bonchev–Trinajstić information content (AvgIpc) is 2.73. The SMILES string of the molecule is C=C(COP(=O)(N[C@@H](C)C(=O)OC(C)C)Oc1ccc(Cl)cc1)/C(C=O)=C(O)\C(C)=N/C. The van der Waals surface area contributed by atoms with Gasteiger partial charge in [0, 0.05) is 12.1 Å². The van der Waals surface area contributed by atoms with Gasteiger partial charge in [-0.3, -0.25) is 19.1 Å². The Balaban J connectivity index is 3.13. The Morgan fingerprint density at radius 2 is 1.91 bits per heavy atom. The molecule has 0 heterocycles. The Labute approximate surface area is 192 Å². The number of allylic oxidation sites excluding steroid dienone is 1. The van der Waals surface area contributed by atoms with Crippen LogP contribution < -0.4 is 9.61 Å². The number of hydrogen-bond donors (Lipinski definition) is 2. The molecular weight excluding hydrogens is 459 g/mol. The van der Waals surface area contributed by atoms with Gasteiger partial charge in [0.25, 0.3) is 0 Å². The molecule has 0 aliphatic heterocycles. The highest BCUT2D eigenvalue weighted by Crippen LogP contribution is 2.45. The Hall–Kier alpha value is -2.45. The average molecular weight is 487 g/mol. The van der Waals surface area contributed by atoms with Crippen molar-refractivity contribution in [2.24, 2.45) is 4.99 Å². The number of aliphatic hydroxyl groups excluding tert-OH is 1. The predicted octanol–water partition coefficient (Wildman–Crippen LogP) is 4.43. The van der Waals surface area contributed by atoms with Crippen LogP contribution in [0, 0.1) is 0 Å². The third-order valence-corrected chi connectivity index (χ3v) is 5.81. The number of carbonyl (C=O) groups excluding carboxylic acids is 2. The lowest BCUT2D eigenvalue weighted by molar-refractivity contribution is -0.149. The largest absolute Gasteiger partial charge is 0.505 e. The number of aldehydes is 1. The summed E-state index contributed by atoms with van der Waals surface area (Å²) in [5.41, 5.74) is 0.0649. The van der Waals surface area contributed by atoms with Crippen LogP contribution in [0.25, 0.3) is 0 Å². The number of aliphatic imine (C=N–C) groups is 1. The molecule has 0 bridgehead atoms. The van der Waals surface area contributed by atoms with E-state index in [1.807, 2.05) is 0 Å². The van der Waals surface area contributed by atoms with Crippen molar-refractivity contribution in [3.63, 3.8) is 0 Å². The summed E-state index contributed by atoms with van der Waals surface area (Å²) in [5, 5.41) is 13.1. The minimum absolute atomic E-state index is 0.0274. The molecule has 176 valence electrons. The monoisotopic (exact) mass is 486 g/mol. The van der Waals surface area contributed by atoms with Crippen LogP contribution in [0.3, 0.4) is 0 Å². The van der Waals surface area contributed by atoms with Gasteiger partial charge < -0.3 is 14.4 Å². The fraction of sp³-hybridized carbons (Fsp3) is 0.381. The highest BCUT2D eigenvalue weighted by molar-refractivity contribution is 7.52. The maximum atomic E-state index is 13.4. The summed E-state index contributed by atoms with van der Waals surface area (Å²) in [7, 11) is -2.73. The molecule has 9 nitrogen and oxygen atoms in total. The van der Waals surface area contributed by atoms with E-state index in [9.17, 15) is 19.3 Å². The van der Waals surface area contributed by atoms with E-state index in [0.717, 1.165) is 0 Å². The smallest absolute Gasteiger partial charge is 0.459 e. The van der Waals surface area contributed by atoms with Crippen molar-refractivity contribution in [3.05, 3.63) is 52.8 Å². The lowest BCUT2D eigenvalue weighted by Crippen LogP contribution is -2.36. The zero-order chi connectivity index (χ0) is 24.5. The van der Waals surface area contributed by atoms with Crippen LogP contribution in [0.15, 0.2) is 52.7 Å². The van der Waals surface area contributed by atoms with Crippen molar-refractivity contribution in [2.75, 3.05) is 13.7 Å². The number of rotatable bonds is 12. The number of aliphatic hydroxyl groups is 1. The first kappa shape index (κ1) is 27.6. The van der Waals surface area contributed by atoms with E-state index in [0.29, 0.717) is 11.3 Å². The molecular formula is C21H28ClN2O7P. The van der Waals surface area contributed by atoms with Crippen molar-refractivity contribution in [3.8, 4) is 5.75 Å². The second-order valence-electron chi connectivity index (χ2n) is 6.95. The number of nitrogens with zero attached hydrogens (tertiary/aromatic N) is 1. The summed E-state index contributed by atoms with van der Waals surface area (Å²) in [5.74, 6) is -0.891. The number of benzene rings is 1. The molecule has 0 saturated heterocycles. The maximum Gasteiger partial charge on any atom is 0.459 e. The highest BCUT2D eigenvalue weighted by atomic mass is 35.5. The zero-order valence-electron chi connectivity index (χ0n) is 18.6. The molecule has 32 heavy (non-hydrogen) atoms. The van der Waals surface area contributed by atoms with E-state index in [2.05, 4.69) is 16.7 Å². The Morgan fingerprint density at radius 1 is 1.31 bits per heavy atom. The van der Waals surface area contributed by atoms with Gasteiger partial charge >= 0.3 is 13.7 Å². The van der Waals surface area contributed by atoms with Gasteiger partial charge in [0.15, 0.2) is 6.29 Å². The summed E-state index contributed by atoms with van der Waals surface area (Å²) in [6.07, 6.45) is 0.00672. The normalized spacial score (nSPS) is 15.4. The third kappa shape index (κ3) is 8.59. The third-order valence-electron chi connectivity index (χ3n) is 3.94. The standard InChI is InChI=1S/C21H28ClN2O7P/c1-13(2)30-21(27)16(5)24-32(28,31-18-9-7-17(22)8-10-18)29-12-14(3)19(11-25)20(26)15(4)23-6/h7-11,13,16,26H,3,12H2,1-2,4-6H3,(H,24,28)/b20-19+,23-15-/t16-,32?/m0/s1. The number of carbonyl (C=O) groups is 2. The van der Waals surface area contributed by atoms with Gasteiger partial charge in [0.05, 0.1) is 24.0 Å². The van der Waals surface area contributed by atoms with E-state index in [-0.39, 0.29) is 34.5 Å². The first-order valence-electron chi connectivity index (χ1n) is 9.60. The molecule has 0 amide bonds. The molecule has 0 radical (unpaired) electrons. The molecule has 0 spiro atoms. The topological polar surface area (TPSA) is 124 Å². The van der Waals surface area contributed by atoms with Crippen molar-refractivity contribution < 1.29 is 33.0 Å². The molecule has 0 saturated carbocycles. The van der Waals surface area contributed by atoms with Gasteiger partial charge in [-0.15, -0.1) is 0 Å². The summed E-state index contributed by atoms with van der Waals surface area (Å²) >= 11 is 5.86. The fourth-order valence-corrected chi connectivity index (χ4v) is 3.81. The van der Waals surface area contributed by atoms with E-state index >= 15 is 0 Å². The van der Waals surface area contributed by atoms with Gasteiger partial charge in [-0.2, -0.15) is 5.09 Å². The van der Waals surface area contributed by atoms with E-state index in [1.54, 1.807) is 13.8 Å². The molecule has 0 fully saturated rings. The summed E-state index contributed by atoms with van der Waals surface area (Å²) < 4.78 is 29.5.